The van der Waals surface area contributed by atoms with Crippen LogP contribution in [0.2, 0.25) is 5.15 Å². The van der Waals surface area contributed by atoms with Crippen LogP contribution in [0.25, 0.3) is 11.2 Å². The molecule has 0 spiro atoms. The van der Waals surface area contributed by atoms with Crippen LogP contribution >= 0.6 is 11.6 Å². The number of carbonyl (C=O) groups is 1. The molecular formula is C29H32ClFN6O2. The van der Waals surface area contributed by atoms with Crippen LogP contribution in [0.15, 0.2) is 59.5 Å². The Morgan fingerprint density at radius 2 is 1.85 bits per heavy atom. The Hall–Kier alpha value is -3.69. The third-order valence-corrected chi connectivity index (χ3v) is 6.63. The lowest BCUT2D eigenvalue weighted by molar-refractivity contribution is 0.0909. The van der Waals surface area contributed by atoms with E-state index in [1.165, 1.54) is 12.3 Å². The van der Waals surface area contributed by atoms with Crippen LogP contribution < -0.4 is 16.2 Å². The molecule has 0 fully saturated rings. The number of nitrogens with one attached hydrogen (secondary N) is 2. The molecular weight excluding hydrogens is 519 g/mol. The summed E-state index contributed by atoms with van der Waals surface area (Å²) in [4.78, 5) is 39.7. The van der Waals surface area contributed by atoms with E-state index in [0.29, 0.717) is 24.5 Å². The number of nitrogens with zero attached hydrogens (tertiary/aromatic N) is 4. The summed E-state index contributed by atoms with van der Waals surface area (Å²) < 4.78 is 15.6. The number of rotatable bonds is 9. The fourth-order valence-corrected chi connectivity index (χ4v) is 4.42. The fraction of sp³-hybridized carbons (Fsp3) is 0.345. The van der Waals surface area contributed by atoms with Crippen molar-refractivity contribution in [3.8, 4) is 0 Å². The lowest BCUT2D eigenvalue weighted by atomic mass is 9.99. The van der Waals surface area contributed by atoms with E-state index in [1.807, 2.05) is 58.0 Å². The molecule has 0 aliphatic carbocycles. The van der Waals surface area contributed by atoms with E-state index in [4.69, 9.17) is 16.6 Å². The van der Waals surface area contributed by atoms with Crippen molar-refractivity contribution in [3.63, 3.8) is 0 Å². The molecule has 0 saturated carbocycles. The summed E-state index contributed by atoms with van der Waals surface area (Å²) in [6, 6.07) is 13.7. The minimum Gasteiger partial charge on any atom is -0.346 e. The average molecular weight is 551 g/mol. The van der Waals surface area contributed by atoms with Crippen LogP contribution in [0.1, 0.15) is 61.0 Å². The Morgan fingerprint density at radius 1 is 1.13 bits per heavy atom. The van der Waals surface area contributed by atoms with Crippen LogP contribution in [-0.2, 0) is 6.54 Å². The van der Waals surface area contributed by atoms with E-state index < -0.39 is 11.4 Å². The summed E-state index contributed by atoms with van der Waals surface area (Å²) in [5.74, 6) is -0.302. The van der Waals surface area contributed by atoms with Crippen LogP contribution in [-0.4, -0.2) is 37.5 Å². The summed E-state index contributed by atoms with van der Waals surface area (Å²) in [6.07, 6.45) is 1.34. The summed E-state index contributed by atoms with van der Waals surface area (Å²) in [5.41, 5.74) is 0.940. The molecule has 4 rings (SSSR count). The lowest BCUT2D eigenvalue weighted by Crippen LogP contribution is -2.51. The molecule has 0 saturated heterocycles. The molecule has 1 amide bonds. The molecule has 2 aromatic carbocycles. The summed E-state index contributed by atoms with van der Waals surface area (Å²) in [6.45, 7) is 10.1. The van der Waals surface area contributed by atoms with Crippen molar-refractivity contribution in [1.82, 2.24) is 30.2 Å². The Balaban J connectivity index is 1.66. The monoisotopic (exact) mass is 550 g/mol. The van der Waals surface area contributed by atoms with Gasteiger partial charge in [0.15, 0.2) is 11.2 Å². The molecule has 1 unspecified atom stereocenters. The van der Waals surface area contributed by atoms with Gasteiger partial charge in [0.25, 0.3) is 11.5 Å². The van der Waals surface area contributed by atoms with Crippen molar-refractivity contribution in [3.05, 3.63) is 98.6 Å². The number of benzene rings is 2. The van der Waals surface area contributed by atoms with Gasteiger partial charge in [-0.1, -0.05) is 61.8 Å². The van der Waals surface area contributed by atoms with E-state index >= 15 is 0 Å². The lowest BCUT2D eigenvalue weighted by Gasteiger charge is -2.31. The second-order valence-corrected chi connectivity index (χ2v) is 11.0. The predicted octanol–water partition coefficient (Wildman–Crippen LogP) is 4.83. The number of amides is 1. The van der Waals surface area contributed by atoms with Gasteiger partial charge in [-0.25, -0.2) is 19.3 Å². The van der Waals surface area contributed by atoms with Gasteiger partial charge in [-0.2, -0.15) is 0 Å². The van der Waals surface area contributed by atoms with Crippen molar-refractivity contribution in [2.24, 2.45) is 5.92 Å². The maximum absolute atomic E-state index is 14.0. The molecule has 2 heterocycles. The Morgan fingerprint density at radius 3 is 2.51 bits per heavy atom. The third kappa shape index (κ3) is 6.66. The van der Waals surface area contributed by atoms with Gasteiger partial charge in [-0.3, -0.25) is 14.2 Å². The smallest absolute Gasteiger partial charge is 0.282 e. The highest BCUT2D eigenvalue weighted by Gasteiger charge is 2.28. The molecule has 2 N–H and O–H groups in total. The number of hydrogen-bond donors (Lipinski definition) is 2. The first-order chi connectivity index (χ1) is 18.4. The van der Waals surface area contributed by atoms with Crippen LogP contribution in [0.5, 0.6) is 0 Å². The van der Waals surface area contributed by atoms with Gasteiger partial charge in [0.1, 0.15) is 16.8 Å². The summed E-state index contributed by atoms with van der Waals surface area (Å²) in [7, 11) is 0. The van der Waals surface area contributed by atoms with Crippen LogP contribution in [0.3, 0.4) is 0 Å². The van der Waals surface area contributed by atoms with Crippen molar-refractivity contribution < 1.29 is 9.18 Å². The van der Waals surface area contributed by atoms with Gasteiger partial charge >= 0.3 is 0 Å². The first kappa shape index (κ1) is 28.3. The average Bonchev–Trinajstić information content (AvgIpc) is 2.87. The van der Waals surface area contributed by atoms with Gasteiger partial charge < -0.3 is 10.6 Å². The van der Waals surface area contributed by atoms with E-state index in [2.05, 4.69) is 20.6 Å². The molecule has 10 heteroatoms. The molecule has 0 radical (unpaired) electrons. The highest BCUT2D eigenvalue weighted by Crippen LogP contribution is 2.23. The van der Waals surface area contributed by atoms with Gasteiger partial charge in [0.2, 0.25) is 0 Å². The minimum absolute atomic E-state index is 0.0150. The molecule has 1 atom stereocenters. The van der Waals surface area contributed by atoms with Gasteiger partial charge in [0.05, 0.1) is 18.8 Å². The normalized spacial score (nSPS) is 12.6. The predicted molar refractivity (Wildman–Crippen MR) is 150 cm³/mol. The summed E-state index contributed by atoms with van der Waals surface area (Å²) in [5, 5.41) is 6.61. The molecule has 0 aliphatic rings. The second-order valence-electron chi connectivity index (χ2n) is 10.6. The molecule has 0 aliphatic heterocycles. The minimum atomic E-state index is -0.712. The van der Waals surface area contributed by atoms with Crippen molar-refractivity contribution in [2.75, 3.05) is 6.54 Å². The van der Waals surface area contributed by atoms with Crippen molar-refractivity contribution in [1.29, 1.82) is 0 Å². The second kappa shape index (κ2) is 11.6. The van der Waals surface area contributed by atoms with Gasteiger partial charge in [-0.15, -0.1) is 0 Å². The quantitative estimate of drug-likeness (QED) is 0.309. The number of aromatic nitrogens is 4. The number of halogens is 2. The van der Waals surface area contributed by atoms with E-state index in [0.717, 1.165) is 5.56 Å². The Kier molecular flexibility index (Phi) is 8.42. The number of aryl methyl sites for hydroxylation is 1. The number of fused-ring (bicyclic) bond motifs is 1. The largest absolute Gasteiger partial charge is 0.346 e. The number of hydrogen-bond acceptors (Lipinski definition) is 6. The van der Waals surface area contributed by atoms with Gasteiger partial charge in [-0.05, 0) is 49.9 Å². The molecule has 204 valence electrons. The fourth-order valence-electron chi connectivity index (χ4n) is 4.29. The Bertz CT molecular complexity index is 1560. The molecule has 4 aromatic rings. The highest BCUT2D eigenvalue weighted by atomic mass is 35.5. The van der Waals surface area contributed by atoms with Crippen LogP contribution in [0.4, 0.5) is 4.39 Å². The zero-order valence-electron chi connectivity index (χ0n) is 22.6. The first-order valence-corrected chi connectivity index (χ1v) is 13.1. The van der Waals surface area contributed by atoms with Gasteiger partial charge in [0, 0.05) is 17.6 Å². The van der Waals surface area contributed by atoms with E-state index in [9.17, 15) is 14.0 Å². The maximum Gasteiger partial charge on any atom is 0.282 e. The molecule has 8 nitrogen and oxygen atoms in total. The summed E-state index contributed by atoms with van der Waals surface area (Å²) >= 11 is 6.07. The van der Waals surface area contributed by atoms with E-state index in [-0.39, 0.29) is 45.3 Å². The SMILES string of the molecule is Cc1ccc(C(=O)NC(C)(C)CNC(c2nc3nc(Cl)cnc3c(=O)n2Cc2ccccc2)C(C)C)cc1F. The number of carbonyl (C=O) groups excluding carboxylic acids is 1. The molecule has 39 heavy (non-hydrogen) atoms. The highest BCUT2D eigenvalue weighted by molar-refractivity contribution is 6.29. The van der Waals surface area contributed by atoms with Crippen LogP contribution in [0, 0.1) is 18.7 Å². The third-order valence-electron chi connectivity index (χ3n) is 6.45. The maximum atomic E-state index is 14.0. The van der Waals surface area contributed by atoms with Crippen molar-refractivity contribution in [2.45, 2.75) is 52.7 Å². The topological polar surface area (TPSA) is 102 Å². The first-order valence-electron chi connectivity index (χ1n) is 12.7. The molecule has 0 bridgehead atoms. The van der Waals surface area contributed by atoms with Crippen molar-refractivity contribution >= 4 is 28.7 Å². The zero-order valence-corrected chi connectivity index (χ0v) is 23.4. The molecule has 2 aromatic heterocycles. The standard InChI is InChI=1S/C29H32ClFN6O2/c1-17(2)23(33-16-29(4,5)36-27(38)20-12-11-18(3)21(31)13-20)26-35-25-24(32-14-22(30)34-25)28(39)37(26)15-19-9-7-6-8-10-19/h6-14,17,23,33H,15-16H2,1-5H3,(H,36,38). The zero-order chi connectivity index (χ0) is 28.3. The van der Waals surface area contributed by atoms with E-state index in [1.54, 1.807) is 23.6 Å². The Labute approximate surface area is 231 Å².